The number of likely N-dealkylation sites (tertiary alicyclic amines) is 1. The van der Waals surface area contributed by atoms with Crippen molar-refractivity contribution in [2.24, 2.45) is 11.3 Å². The van der Waals surface area contributed by atoms with Gasteiger partial charge in [-0.3, -0.25) is 9.59 Å². The molecule has 1 aromatic heterocycles. The van der Waals surface area contributed by atoms with Crippen molar-refractivity contribution in [3.8, 4) is 5.88 Å². The number of alkyl halides is 3. The monoisotopic (exact) mass is 358 g/mol. The van der Waals surface area contributed by atoms with Crippen LogP contribution in [-0.2, 0) is 4.79 Å². The fourth-order valence-electron chi connectivity index (χ4n) is 3.36. The third-order valence-corrected chi connectivity index (χ3v) is 4.90. The minimum Gasteiger partial charge on any atom is -0.481 e. The molecule has 25 heavy (non-hydrogen) atoms. The topological polar surface area (TPSA) is 79.7 Å². The van der Waals surface area contributed by atoms with Gasteiger partial charge >= 0.3 is 12.1 Å². The quantitative estimate of drug-likeness (QED) is 0.894. The Bertz CT molecular complexity index is 684. The summed E-state index contributed by atoms with van der Waals surface area (Å²) in [5.74, 6) is -1.69. The predicted molar refractivity (Wildman–Crippen MR) is 79.1 cm³/mol. The van der Waals surface area contributed by atoms with Crippen LogP contribution in [0.25, 0.3) is 0 Å². The molecule has 1 saturated carbocycles. The van der Waals surface area contributed by atoms with Crippen LogP contribution in [0.5, 0.6) is 5.88 Å². The number of hydrogen-bond acceptors (Lipinski definition) is 4. The van der Waals surface area contributed by atoms with E-state index in [1.807, 2.05) is 0 Å². The summed E-state index contributed by atoms with van der Waals surface area (Å²) in [5, 5.41) is 9.08. The summed E-state index contributed by atoms with van der Waals surface area (Å²) < 4.78 is 41.1. The fourth-order valence-corrected chi connectivity index (χ4v) is 3.36. The number of rotatable bonds is 4. The Hall–Kier alpha value is -2.32. The highest BCUT2D eigenvalue weighted by molar-refractivity contribution is 5.94. The molecule has 1 aliphatic heterocycles. The first kappa shape index (κ1) is 17.5. The van der Waals surface area contributed by atoms with Crippen LogP contribution in [0, 0.1) is 11.3 Å². The van der Waals surface area contributed by atoms with Gasteiger partial charge in [0.15, 0.2) is 6.61 Å². The van der Waals surface area contributed by atoms with Crippen LogP contribution in [-0.4, -0.2) is 52.7 Å². The van der Waals surface area contributed by atoms with Crippen molar-refractivity contribution in [2.45, 2.75) is 25.4 Å². The van der Waals surface area contributed by atoms with Crippen LogP contribution >= 0.6 is 0 Å². The second kappa shape index (κ2) is 6.20. The van der Waals surface area contributed by atoms with Crippen LogP contribution in [0.1, 0.15) is 29.6 Å². The Morgan fingerprint density at radius 1 is 1.36 bits per heavy atom. The molecular weight excluding hydrogens is 341 g/mol. The number of aliphatic carboxylic acids is 1. The van der Waals surface area contributed by atoms with Gasteiger partial charge in [-0.2, -0.15) is 13.2 Å². The Labute approximate surface area is 141 Å². The summed E-state index contributed by atoms with van der Waals surface area (Å²) >= 11 is 0. The lowest BCUT2D eigenvalue weighted by atomic mass is 9.90. The van der Waals surface area contributed by atoms with Gasteiger partial charge in [0, 0.05) is 30.9 Å². The van der Waals surface area contributed by atoms with Crippen molar-refractivity contribution in [2.75, 3.05) is 19.7 Å². The molecule has 0 bridgehead atoms. The number of aromatic nitrogens is 1. The largest absolute Gasteiger partial charge is 0.481 e. The molecule has 1 N–H and O–H groups in total. The molecule has 0 radical (unpaired) electrons. The SMILES string of the molecule is O=C(O)C1CC12CCN(C(=O)c1ccnc(OCC(F)(F)F)c1)CC2. The average Bonchev–Trinajstić information content (AvgIpc) is 3.27. The van der Waals surface area contributed by atoms with Gasteiger partial charge in [-0.15, -0.1) is 0 Å². The number of carbonyl (C=O) groups is 2. The van der Waals surface area contributed by atoms with Crippen LogP contribution in [0.2, 0.25) is 0 Å². The smallest absolute Gasteiger partial charge is 0.422 e. The summed E-state index contributed by atoms with van der Waals surface area (Å²) in [5.41, 5.74) is 0.00988. The van der Waals surface area contributed by atoms with E-state index in [1.54, 1.807) is 4.90 Å². The summed E-state index contributed by atoms with van der Waals surface area (Å²) in [6, 6.07) is 2.61. The highest BCUT2D eigenvalue weighted by Crippen LogP contribution is 2.59. The molecular formula is C16H17F3N2O4. The predicted octanol–water partition coefficient (Wildman–Crippen LogP) is 2.35. The summed E-state index contributed by atoms with van der Waals surface area (Å²) in [6.45, 7) is -0.603. The summed E-state index contributed by atoms with van der Waals surface area (Å²) in [6.07, 6.45) is -1.36. The molecule has 3 rings (SSSR count). The molecule has 1 aromatic rings. The van der Waals surface area contributed by atoms with Crippen LogP contribution in [0.4, 0.5) is 13.2 Å². The second-order valence-corrected chi connectivity index (χ2v) is 6.54. The van der Waals surface area contributed by atoms with Crippen LogP contribution in [0.3, 0.4) is 0 Å². The Morgan fingerprint density at radius 3 is 2.60 bits per heavy atom. The van der Waals surface area contributed by atoms with E-state index in [0.717, 1.165) is 0 Å². The summed E-state index contributed by atoms with van der Waals surface area (Å²) in [7, 11) is 0. The number of halogens is 3. The van der Waals surface area contributed by atoms with Crippen molar-refractivity contribution in [1.82, 2.24) is 9.88 Å². The first-order valence-electron chi connectivity index (χ1n) is 7.88. The number of ether oxygens (including phenoxy) is 1. The number of hydrogen-bond donors (Lipinski definition) is 1. The van der Waals surface area contributed by atoms with E-state index < -0.39 is 18.8 Å². The van der Waals surface area contributed by atoms with Gasteiger partial charge in [-0.05, 0) is 30.7 Å². The van der Waals surface area contributed by atoms with Gasteiger partial charge in [0.1, 0.15) is 0 Å². The van der Waals surface area contributed by atoms with Crippen molar-refractivity contribution in [3.05, 3.63) is 23.9 Å². The third-order valence-electron chi connectivity index (χ3n) is 4.90. The molecule has 2 fully saturated rings. The van der Waals surface area contributed by atoms with Gasteiger partial charge < -0.3 is 14.7 Å². The maximum absolute atomic E-state index is 12.5. The van der Waals surface area contributed by atoms with Crippen molar-refractivity contribution < 1.29 is 32.6 Å². The van der Waals surface area contributed by atoms with E-state index >= 15 is 0 Å². The zero-order chi connectivity index (χ0) is 18.2. The standard InChI is InChI=1S/C16H17F3N2O4/c17-16(18,19)9-25-12-7-10(1-4-20-12)13(22)21-5-2-15(3-6-21)8-11(15)14(23)24/h1,4,7,11H,2-3,5-6,8-9H2,(H,23,24). The number of pyridine rings is 1. The molecule has 1 unspecified atom stereocenters. The Kier molecular flexibility index (Phi) is 4.34. The molecule has 2 heterocycles. The molecule has 1 spiro atoms. The second-order valence-electron chi connectivity index (χ2n) is 6.54. The molecule has 1 amide bonds. The van der Waals surface area contributed by atoms with Gasteiger partial charge in [0.05, 0.1) is 5.92 Å². The Morgan fingerprint density at radius 2 is 2.04 bits per heavy atom. The average molecular weight is 358 g/mol. The van der Waals surface area contributed by atoms with Crippen molar-refractivity contribution in [3.63, 3.8) is 0 Å². The van der Waals surface area contributed by atoms with E-state index in [4.69, 9.17) is 5.11 Å². The lowest BCUT2D eigenvalue weighted by molar-refractivity contribution is -0.154. The Balaban J connectivity index is 1.60. The van der Waals surface area contributed by atoms with Gasteiger partial charge in [-0.1, -0.05) is 0 Å². The molecule has 2 aliphatic rings. The van der Waals surface area contributed by atoms with E-state index in [9.17, 15) is 22.8 Å². The van der Waals surface area contributed by atoms with Gasteiger partial charge in [0.2, 0.25) is 5.88 Å². The maximum atomic E-state index is 12.5. The van der Waals surface area contributed by atoms with Crippen LogP contribution < -0.4 is 4.74 Å². The number of piperidine rings is 1. The first-order valence-corrected chi connectivity index (χ1v) is 7.88. The molecule has 136 valence electrons. The lowest BCUT2D eigenvalue weighted by Crippen LogP contribution is -2.40. The van der Waals surface area contributed by atoms with Gasteiger partial charge in [0.25, 0.3) is 5.91 Å². The molecule has 6 nitrogen and oxygen atoms in total. The first-order chi connectivity index (χ1) is 11.7. The third kappa shape index (κ3) is 3.85. The minimum atomic E-state index is -4.48. The molecule has 0 aromatic carbocycles. The molecule has 1 saturated heterocycles. The van der Waals surface area contributed by atoms with E-state index in [1.165, 1.54) is 18.3 Å². The zero-order valence-electron chi connectivity index (χ0n) is 13.3. The minimum absolute atomic E-state index is 0.193. The number of carboxylic acids is 1. The number of carbonyl (C=O) groups excluding carboxylic acids is 1. The molecule has 9 heteroatoms. The van der Waals surface area contributed by atoms with Crippen molar-refractivity contribution >= 4 is 11.9 Å². The van der Waals surface area contributed by atoms with Gasteiger partial charge in [-0.25, -0.2) is 4.98 Å². The van der Waals surface area contributed by atoms with Crippen LogP contribution in [0.15, 0.2) is 18.3 Å². The number of amides is 1. The number of nitrogens with zero attached hydrogens (tertiary/aromatic N) is 2. The van der Waals surface area contributed by atoms with Crippen molar-refractivity contribution in [1.29, 1.82) is 0 Å². The maximum Gasteiger partial charge on any atom is 0.422 e. The fraction of sp³-hybridized carbons (Fsp3) is 0.562. The highest BCUT2D eigenvalue weighted by Gasteiger charge is 2.59. The zero-order valence-corrected chi connectivity index (χ0v) is 13.3. The highest BCUT2D eigenvalue weighted by atomic mass is 19.4. The van der Waals surface area contributed by atoms with E-state index in [-0.39, 0.29) is 28.7 Å². The van der Waals surface area contributed by atoms with E-state index in [2.05, 4.69) is 9.72 Å². The normalized spacial score (nSPS) is 21.9. The lowest BCUT2D eigenvalue weighted by Gasteiger charge is -2.32. The molecule has 1 aliphatic carbocycles. The summed E-state index contributed by atoms with van der Waals surface area (Å²) in [4.78, 5) is 28.8. The number of carboxylic acid groups (broad SMARTS) is 1. The van der Waals surface area contributed by atoms with E-state index in [0.29, 0.717) is 32.4 Å². The molecule has 1 atom stereocenters.